The second-order valence-corrected chi connectivity index (χ2v) is 6.67. The van der Waals surface area contributed by atoms with Gasteiger partial charge in [0.05, 0.1) is 0 Å². The fourth-order valence-electron chi connectivity index (χ4n) is 2.33. The van der Waals surface area contributed by atoms with E-state index in [0.29, 0.717) is 16.1 Å². The maximum atomic E-state index is 6.07. The van der Waals surface area contributed by atoms with Crippen LogP contribution in [0.4, 0.5) is 5.69 Å². The van der Waals surface area contributed by atoms with E-state index in [1.54, 1.807) is 11.3 Å². The highest BCUT2D eigenvalue weighted by atomic mass is 35.5. The van der Waals surface area contributed by atoms with Gasteiger partial charge in [0.2, 0.25) is 0 Å². The first-order valence-corrected chi connectivity index (χ1v) is 8.25. The SMILES string of the molecule is NC(=S)c1cc(Cl)ccc1N(Cc1ccsc1)C1CC1. The van der Waals surface area contributed by atoms with Crippen LogP contribution in [0, 0.1) is 0 Å². The lowest BCUT2D eigenvalue weighted by Gasteiger charge is -2.27. The van der Waals surface area contributed by atoms with Gasteiger partial charge in [-0.15, -0.1) is 0 Å². The first-order chi connectivity index (χ1) is 9.65. The molecule has 3 rings (SSSR count). The van der Waals surface area contributed by atoms with E-state index in [2.05, 4.69) is 21.7 Å². The monoisotopic (exact) mass is 322 g/mol. The highest BCUT2D eigenvalue weighted by molar-refractivity contribution is 7.80. The molecule has 2 N–H and O–H groups in total. The average Bonchev–Trinajstić information content (AvgIpc) is 3.13. The number of benzene rings is 1. The Morgan fingerprint density at radius 3 is 2.80 bits per heavy atom. The zero-order valence-corrected chi connectivity index (χ0v) is 13.3. The molecule has 2 aromatic rings. The second-order valence-electron chi connectivity index (χ2n) is 5.02. The van der Waals surface area contributed by atoms with Crippen molar-refractivity contribution < 1.29 is 0 Å². The van der Waals surface area contributed by atoms with Crippen LogP contribution < -0.4 is 10.6 Å². The first kappa shape index (κ1) is 13.9. The Kier molecular flexibility index (Phi) is 3.96. The number of thiophene rings is 1. The van der Waals surface area contributed by atoms with Crippen LogP contribution in [0.25, 0.3) is 0 Å². The Morgan fingerprint density at radius 1 is 1.40 bits per heavy atom. The van der Waals surface area contributed by atoms with Gasteiger partial charge in [0.25, 0.3) is 0 Å². The number of thiocarbonyl (C=S) groups is 1. The number of nitrogens with zero attached hydrogens (tertiary/aromatic N) is 1. The van der Waals surface area contributed by atoms with Crippen molar-refractivity contribution in [3.63, 3.8) is 0 Å². The Morgan fingerprint density at radius 2 is 2.20 bits per heavy atom. The summed E-state index contributed by atoms with van der Waals surface area (Å²) in [6.07, 6.45) is 2.45. The van der Waals surface area contributed by atoms with E-state index >= 15 is 0 Å². The first-order valence-electron chi connectivity index (χ1n) is 6.52. The molecule has 5 heteroatoms. The van der Waals surface area contributed by atoms with Crippen LogP contribution in [0.5, 0.6) is 0 Å². The molecule has 1 aromatic heterocycles. The molecule has 1 aliphatic carbocycles. The number of nitrogens with two attached hydrogens (primary N) is 1. The quantitative estimate of drug-likeness (QED) is 0.836. The average molecular weight is 323 g/mol. The molecule has 0 spiro atoms. The minimum absolute atomic E-state index is 0.401. The summed E-state index contributed by atoms with van der Waals surface area (Å²) in [5.74, 6) is 0. The number of halogens is 1. The summed E-state index contributed by atoms with van der Waals surface area (Å²) in [5.41, 5.74) is 9.15. The van der Waals surface area contributed by atoms with Gasteiger partial charge in [0.15, 0.2) is 0 Å². The lowest BCUT2D eigenvalue weighted by molar-refractivity contribution is 0.796. The van der Waals surface area contributed by atoms with E-state index in [9.17, 15) is 0 Å². The molecular weight excluding hydrogens is 308 g/mol. The molecule has 1 heterocycles. The van der Waals surface area contributed by atoms with Crippen molar-refractivity contribution in [2.24, 2.45) is 5.73 Å². The fourth-order valence-corrected chi connectivity index (χ4v) is 3.33. The van der Waals surface area contributed by atoms with Crippen LogP contribution in [0.1, 0.15) is 24.0 Å². The Labute approximate surface area is 133 Å². The van der Waals surface area contributed by atoms with Crippen molar-refractivity contribution in [3.05, 3.63) is 51.2 Å². The topological polar surface area (TPSA) is 29.3 Å². The summed E-state index contributed by atoms with van der Waals surface area (Å²) in [6, 6.07) is 8.55. The molecule has 1 saturated carbocycles. The standard InChI is InChI=1S/C15H15ClN2S2/c16-11-1-4-14(13(7-11)15(17)19)18(12-2-3-12)8-10-5-6-20-9-10/h1,4-7,9,12H,2-3,8H2,(H2,17,19). The number of anilines is 1. The van der Waals surface area contributed by atoms with Crippen molar-refractivity contribution in [1.29, 1.82) is 0 Å². The fraction of sp³-hybridized carbons (Fsp3) is 0.267. The highest BCUT2D eigenvalue weighted by Gasteiger charge is 2.31. The van der Waals surface area contributed by atoms with E-state index in [1.807, 2.05) is 18.2 Å². The van der Waals surface area contributed by atoms with Gasteiger partial charge in [-0.05, 0) is 53.4 Å². The Balaban J connectivity index is 1.97. The minimum atomic E-state index is 0.401. The summed E-state index contributed by atoms with van der Waals surface area (Å²) in [5, 5.41) is 4.96. The van der Waals surface area contributed by atoms with Gasteiger partial charge in [-0.2, -0.15) is 11.3 Å². The van der Waals surface area contributed by atoms with Crippen molar-refractivity contribution in [2.75, 3.05) is 4.90 Å². The Bertz CT molecular complexity index is 621. The van der Waals surface area contributed by atoms with E-state index < -0.39 is 0 Å². The minimum Gasteiger partial charge on any atom is -0.389 e. The predicted molar refractivity (Wildman–Crippen MR) is 90.9 cm³/mol. The summed E-state index contributed by atoms with van der Waals surface area (Å²) >= 11 is 13.0. The molecule has 0 atom stereocenters. The zero-order valence-electron chi connectivity index (χ0n) is 10.9. The smallest absolute Gasteiger partial charge is 0.106 e. The third-order valence-electron chi connectivity index (χ3n) is 3.45. The van der Waals surface area contributed by atoms with E-state index in [1.165, 1.54) is 18.4 Å². The lowest BCUT2D eigenvalue weighted by Crippen LogP contribution is -2.27. The summed E-state index contributed by atoms with van der Waals surface area (Å²) in [6.45, 7) is 0.894. The number of hydrogen-bond acceptors (Lipinski definition) is 3. The third-order valence-corrected chi connectivity index (χ3v) is 4.64. The molecule has 104 valence electrons. The summed E-state index contributed by atoms with van der Waals surface area (Å²) in [7, 11) is 0. The molecule has 20 heavy (non-hydrogen) atoms. The molecule has 0 aliphatic heterocycles. The van der Waals surface area contributed by atoms with Gasteiger partial charge in [-0.25, -0.2) is 0 Å². The van der Waals surface area contributed by atoms with Gasteiger partial charge >= 0.3 is 0 Å². The Hall–Kier alpha value is -1.10. The van der Waals surface area contributed by atoms with E-state index in [4.69, 9.17) is 29.6 Å². The van der Waals surface area contributed by atoms with Crippen molar-refractivity contribution in [2.45, 2.75) is 25.4 Å². The maximum Gasteiger partial charge on any atom is 0.106 e. The largest absolute Gasteiger partial charge is 0.389 e. The lowest BCUT2D eigenvalue weighted by atomic mass is 10.1. The van der Waals surface area contributed by atoms with Crippen LogP contribution in [-0.2, 0) is 6.54 Å². The van der Waals surface area contributed by atoms with Crippen molar-refractivity contribution in [1.82, 2.24) is 0 Å². The van der Waals surface area contributed by atoms with Crippen LogP contribution in [-0.4, -0.2) is 11.0 Å². The predicted octanol–water partition coefficient (Wildman–Crippen LogP) is 4.20. The normalized spacial score (nSPS) is 14.2. The summed E-state index contributed by atoms with van der Waals surface area (Å²) in [4.78, 5) is 2.80. The van der Waals surface area contributed by atoms with Crippen LogP contribution in [0.15, 0.2) is 35.0 Å². The molecule has 1 aliphatic rings. The summed E-state index contributed by atoms with van der Waals surface area (Å²) < 4.78 is 0. The zero-order chi connectivity index (χ0) is 14.1. The van der Waals surface area contributed by atoms with E-state index in [0.717, 1.165) is 17.8 Å². The van der Waals surface area contributed by atoms with Crippen LogP contribution >= 0.6 is 35.2 Å². The molecule has 2 nitrogen and oxygen atoms in total. The third kappa shape index (κ3) is 2.97. The molecule has 1 aromatic carbocycles. The maximum absolute atomic E-state index is 6.07. The van der Waals surface area contributed by atoms with Crippen molar-refractivity contribution in [3.8, 4) is 0 Å². The molecule has 0 radical (unpaired) electrons. The van der Waals surface area contributed by atoms with Gasteiger partial charge < -0.3 is 10.6 Å². The van der Waals surface area contributed by atoms with E-state index in [-0.39, 0.29) is 0 Å². The van der Waals surface area contributed by atoms with Crippen LogP contribution in [0.2, 0.25) is 5.02 Å². The van der Waals surface area contributed by atoms with Crippen molar-refractivity contribution >= 4 is 45.8 Å². The van der Waals surface area contributed by atoms with Crippen LogP contribution in [0.3, 0.4) is 0 Å². The molecule has 0 saturated heterocycles. The number of rotatable bonds is 5. The van der Waals surface area contributed by atoms with Gasteiger partial charge in [-0.1, -0.05) is 23.8 Å². The molecule has 1 fully saturated rings. The van der Waals surface area contributed by atoms with Gasteiger partial charge in [0, 0.05) is 28.9 Å². The second kappa shape index (κ2) is 5.72. The highest BCUT2D eigenvalue weighted by Crippen LogP contribution is 2.36. The number of hydrogen-bond donors (Lipinski definition) is 1. The molecular formula is C15H15ClN2S2. The van der Waals surface area contributed by atoms with Gasteiger partial charge in [-0.3, -0.25) is 0 Å². The molecule has 0 unspecified atom stereocenters. The molecule has 0 bridgehead atoms. The van der Waals surface area contributed by atoms with Gasteiger partial charge in [0.1, 0.15) is 4.99 Å². The molecule has 0 amide bonds.